The summed E-state index contributed by atoms with van der Waals surface area (Å²) < 4.78 is 29.2. The summed E-state index contributed by atoms with van der Waals surface area (Å²) in [5.74, 6) is 0.654. The molecule has 2 atom stereocenters. The Morgan fingerprint density at radius 3 is 2.45 bits per heavy atom. The molecule has 1 N–H and O–H groups in total. The summed E-state index contributed by atoms with van der Waals surface area (Å²) in [7, 11) is -3.14. The lowest BCUT2D eigenvalue weighted by Crippen LogP contribution is -2.35. The van der Waals surface area contributed by atoms with Gasteiger partial charge in [0.15, 0.2) is 9.84 Å². The second-order valence-electron chi connectivity index (χ2n) is 5.19. The monoisotopic (exact) mass is 300 g/mol. The first-order chi connectivity index (χ1) is 9.25. The van der Waals surface area contributed by atoms with Crippen LogP contribution in [0.25, 0.3) is 0 Å². The largest absolute Gasteiger partial charge is 0.489 e. The molecule has 20 heavy (non-hydrogen) atoms. The number of sulfone groups is 1. The van der Waals surface area contributed by atoms with Crippen LogP contribution in [0.2, 0.25) is 0 Å². The predicted molar refractivity (Wildman–Crippen MR) is 80.7 cm³/mol. The molecule has 0 aliphatic carbocycles. The zero-order valence-electron chi connectivity index (χ0n) is 12.8. The molecule has 1 aromatic rings. The quantitative estimate of drug-likeness (QED) is 0.833. The van der Waals surface area contributed by atoms with Gasteiger partial charge in [0, 0.05) is 12.5 Å². The van der Waals surface area contributed by atoms with Gasteiger partial charge in [0.25, 0.3) is 0 Å². The maximum atomic E-state index is 11.8. The van der Waals surface area contributed by atoms with Crippen molar-refractivity contribution < 1.29 is 13.2 Å². The smallest absolute Gasteiger partial charge is 0.151 e. The van der Waals surface area contributed by atoms with E-state index in [9.17, 15) is 8.42 Å². The summed E-state index contributed by atoms with van der Waals surface area (Å²) in [6.45, 7) is 8.21. The summed E-state index contributed by atoms with van der Waals surface area (Å²) in [6, 6.07) is 1.56. The van der Waals surface area contributed by atoms with Gasteiger partial charge in [0.05, 0.1) is 23.6 Å². The zero-order chi connectivity index (χ0) is 15.3. The molecule has 1 heterocycles. The summed E-state index contributed by atoms with van der Waals surface area (Å²) in [5, 5.41) is 2.68. The van der Waals surface area contributed by atoms with E-state index in [1.165, 1.54) is 6.26 Å². The van der Waals surface area contributed by atoms with Crippen LogP contribution in [-0.2, 0) is 9.84 Å². The molecule has 0 spiro atoms. The predicted octanol–water partition coefficient (Wildman–Crippen LogP) is 1.95. The lowest BCUT2D eigenvalue weighted by Gasteiger charge is -2.24. The molecule has 0 saturated carbocycles. The van der Waals surface area contributed by atoms with E-state index in [0.29, 0.717) is 12.3 Å². The van der Waals surface area contributed by atoms with Crippen LogP contribution in [-0.4, -0.2) is 37.6 Å². The van der Waals surface area contributed by atoms with Gasteiger partial charge in [-0.15, -0.1) is 0 Å². The molecule has 0 aliphatic rings. The third-order valence-corrected chi connectivity index (χ3v) is 4.66. The van der Waals surface area contributed by atoms with Crippen molar-refractivity contribution in [1.82, 2.24) is 10.3 Å². The van der Waals surface area contributed by atoms with E-state index >= 15 is 0 Å². The molecule has 1 rings (SSSR count). The molecular formula is C14H24N2O3S. The Balaban J connectivity index is 3.09. The molecule has 0 aliphatic heterocycles. The maximum Gasteiger partial charge on any atom is 0.151 e. The van der Waals surface area contributed by atoms with Crippen LogP contribution in [0.3, 0.4) is 0 Å². The Hall–Kier alpha value is -1.14. The van der Waals surface area contributed by atoms with Crippen molar-refractivity contribution in [2.75, 3.05) is 12.8 Å². The summed E-state index contributed by atoms with van der Waals surface area (Å²) in [4.78, 5) is 4.15. The van der Waals surface area contributed by atoms with Crippen LogP contribution in [0.1, 0.15) is 39.3 Å². The number of hydrogen-bond acceptors (Lipinski definition) is 5. The van der Waals surface area contributed by atoms with E-state index in [4.69, 9.17) is 4.74 Å². The fourth-order valence-corrected chi connectivity index (χ4v) is 2.71. The third kappa shape index (κ3) is 4.76. The Morgan fingerprint density at radius 2 is 1.95 bits per heavy atom. The average molecular weight is 300 g/mol. The van der Waals surface area contributed by atoms with Crippen molar-refractivity contribution in [1.29, 1.82) is 0 Å². The summed E-state index contributed by atoms with van der Waals surface area (Å²) >= 11 is 0. The van der Waals surface area contributed by atoms with Crippen molar-refractivity contribution in [3.63, 3.8) is 0 Å². The molecule has 1 aromatic heterocycles. The second kappa shape index (κ2) is 7.04. The standard InChI is InChI=1S/C14H24N2O3S/c1-6-16-14(11(4)20(5,17)18)12-7-13(9-15-8-12)19-10(2)3/h7-11,14,16H,6H2,1-5H3. The average Bonchev–Trinajstić information content (AvgIpc) is 2.33. The number of nitrogens with one attached hydrogen (secondary N) is 1. The molecule has 0 radical (unpaired) electrons. The number of rotatable bonds is 7. The van der Waals surface area contributed by atoms with Crippen LogP contribution in [0.5, 0.6) is 5.75 Å². The van der Waals surface area contributed by atoms with Crippen LogP contribution in [0.4, 0.5) is 0 Å². The van der Waals surface area contributed by atoms with Crippen LogP contribution >= 0.6 is 0 Å². The Morgan fingerprint density at radius 1 is 1.30 bits per heavy atom. The minimum absolute atomic E-state index is 0.0527. The van der Waals surface area contributed by atoms with Crippen LogP contribution in [0, 0.1) is 0 Å². The van der Waals surface area contributed by atoms with E-state index in [1.807, 2.05) is 26.8 Å². The molecular weight excluding hydrogens is 276 g/mol. The van der Waals surface area contributed by atoms with E-state index in [0.717, 1.165) is 5.56 Å². The zero-order valence-corrected chi connectivity index (χ0v) is 13.6. The highest BCUT2D eigenvalue weighted by Crippen LogP contribution is 2.24. The topological polar surface area (TPSA) is 68.3 Å². The van der Waals surface area contributed by atoms with Gasteiger partial charge in [0.2, 0.25) is 0 Å². The Bertz CT molecular complexity index is 529. The highest BCUT2D eigenvalue weighted by molar-refractivity contribution is 7.91. The molecule has 0 amide bonds. The molecule has 0 aromatic carbocycles. The minimum Gasteiger partial charge on any atom is -0.489 e. The molecule has 114 valence electrons. The van der Waals surface area contributed by atoms with E-state index < -0.39 is 15.1 Å². The van der Waals surface area contributed by atoms with Crippen molar-refractivity contribution >= 4 is 9.84 Å². The fraction of sp³-hybridized carbons (Fsp3) is 0.643. The Kier molecular flexibility index (Phi) is 5.95. The van der Waals surface area contributed by atoms with E-state index in [-0.39, 0.29) is 12.1 Å². The molecule has 0 fully saturated rings. The van der Waals surface area contributed by atoms with Crippen molar-refractivity contribution in [2.45, 2.75) is 45.1 Å². The van der Waals surface area contributed by atoms with Gasteiger partial charge in [-0.25, -0.2) is 8.42 Å². The highest BCUT2D eigenvalue weighted by Gasteiger charge is 2.27. The first-order valence-electron chi connectivity index (χ1n) is 6.79. The lowest BCUT2D eigenvalue weighted by atomic mass is 10.1. The van der Waals surface area contributed by atoms with E-state index in [1.54, 1.807) is 19.3 Å². The number of nitrogens with zero attached hydrogens (tertiary/aromatic N) is 1. The van der Waals surface area contributed by atoms with Gasteiger partial charge < -0.3 is 10.1 Å². The first kappa shape index (κ1) is 16.9. The Labute approximate surface area is 121 Å². The molecule has 2 unspecified atom stereocenters. The number of aromatic nitrogens is 1. The van der Waals surface area contributed by atoms with Crippen LogP contribution < -0.4 is 10.1 Å². The van der Waals surface area contributed by atoms with Crippen molar-refractivity contribution in [3.05, 3.63) is 24.0 Å². The summed E-state index contributed by atoms with van der Waals surface area (Å²) in [5.41, 5.74) is 0.822. The van der Waals surface area contributed by atoms with Gasteiger partial charge in [-0.2, -0.15) is 0 Å². The first-order valence-corrected chi connectivity index (χ1v) is 8.75. The third-order valence-electron chi connectivity index (χ3n) is 3.03. The van der Waals surface area contributed by atoms with Gasteiger partial charge in [-0.3, -0.25) is 4.98 Å². The normalized spacial score (nSPS) is 15.1. The number of ether oxygens (including phenoxy) is 1. The highest BCUT2D eigenvalue weighted by atomic mass is 32.2. The lowest BCUT2D eigenvalue weighted by molar-refractivity contribution is 0.241. The van der Waals surface area contributed by atoms with Gasteiger partial charge in [0.1, 0.15) is 5.75 Å². The molecule has 6 heteroatoms. The molecule has 5 nitrogen and oxygen atoms in total. The fourth-order valence-electron chi connectivity index (χ4n) is 1.96. The van der Waals surface area contributed by atoms with Gasteiger partial charge in [-0.1, -0.05) is 6.92 Å². The van der Waals surface area contributed by atoms with Gasteiger partial charge in [-0.05, 0) is 38.9 Å². The minimum atomic E-state index is -3.14. The van der Waals surface area contributed by atoms with Crippen molar-refractivity contribution in [2.24, 2.45) is 0 Å². The van der Waals surface area contributed by atoms with Crippen molar-refractivity contribution in [3.8, 4) is 5.75 Å². The maximum absolute atomic E-state index is 11.8. The summed E-state index contributed by atoms with van der Waals surface area (Å²) in [6.07, 6.45) is 4.63. The molecule has 0 bridgehead atoms. The molecule has 0 saturated heterocycles. The number of pyridine rings is 1. The van der Waals surface area contributed by atoms with E-state index in [2.05, 4.69) is 10.3 Å². The van der Waals surface area contributed by atoms with Crippen LogP contribution in [0.15, 0.2) is 18.5 Å². The van der Waals surface area contributed by atoms with Gasteiger partial charge >= 0.3 is 0 Å². The number of hydrogen-bond donors (Lipinski definition) is 1. The second-order valence-corrected chi connectivity index (χ2v) is 7.59. The SMILES string of the molecule is CCNC(c1cncc(OC(C)C)c1)C(C)S(C)(=O)=O.